The van der Waals surface area contributed by atoms with Gasteiger partial charge >= 0.3 is 5.97 Å². The maximum Gasteiger partial charge on any atom is 0.355 e. The highest BCUT2D eigenvalue weighted by Gasteiger charge is 2.25. The summed E-state index contributed by atoms with van der Waals surface area (Å²) in [5.41, 5.74) is -0.0174. The molecule has 1 atom stereocenters. The van der Waals surface area contributed by atoms with Gasteiger partial charge in [0.2, 0.25) is 0 Å². The molecule has 6 nitrogen and oxygen atoms in total. The van der Waals surface area contributed by atoms with Crippen LogP contribution in [0.4, 0.5) is 5.13 Å². The molecular weight excluding hydrogens is 264 g/mol. The zero-order valence-corrected chi connectivity index (χ0v) is 10.6. The highest BCUT2D eigenvalue weighted by atomic mass is 32.2. The summed E-state index contributed by atoms with van der Waals surface area (Å²) in [4.78, 5) is 14.5. The molecule has 94 valence electrons. The Labute approximate surface area is 103 Å². The minimum Gasteiger partial charge on any atom is -0.476 e. The van der Waals surface area contributed by atoms with Crippen molar-refractivity contribution >= 4 is 32.3 Å². The normalized spacial score (nSPS) is 23.2. The van der Waals surface area contributed by atoms with Crippen LogP contribution in [0.2, 0.25) is 0 Å². The van der Waals surface area contributed by atoms with Crippen molar-refractivity contribution in [3.63, 3.8) is 0 Å². The smallest absolute Gasteiger partial charge is 0.355 e. The number of thiazole rings is 1. The molecule has 0 saturated carbocycles. The molecule has 1 fully saturated rings. The van der Waals surface area contributed by atoms with Crippen molar-refractivity contribution in [3.8, 4) is 0 Å². The van der Waals surface area contributed by atoms with Gasteiger partial charge in [-0.15, -0.1) is 11.3 Å². The summed E-state index contributed by atoms with van der Waals surface area (Å²) in [6.07, 6.45) is 1.40. The molecule has 17 heavy (non-hydrogen) atoms. The molecule has 2 rings (SSSR count). The van der Waals surface area contributed by atoms with E-state index in [0.717, 1.165) is 6.42 Å². The van der Waals surface area contributed by atoms with Crippen molar-refractivity contribution in [1.29, 1.82) is 0 Å². The molecule has 1 aliphatic heterocycles. The summed E-state index contributed by atoms with van der Waals surface area (Å²) in [5.74, 6) is -0.746. The van der Waals surface area contributed by atoms with Crippen molar-refractivity contribution in [2.75, 3.05) is 16.8 Å². The van der Waals surface area contributed by atoms with Gasteiger partial charge in [-0.3, -0.25) is 0 Å². The van der Waals surface area contributed by atoms with E-state index in [-0.39, 0.29) is 23.2 Å². The number of nitrogens with one attached hydrogen (secondary N) is 1. The SMILES string of the molecule is O=C(O)c1csc(NC2CCCS(=O)(=O)C2)n1. The van der Waals surface area contributed by atoms with E-state index in [9.17, 15) is 13.2 Å². The van der Waals surface area contributed by atoms with Gasteiger partial charge in [0, 0.05) is 11.4 Å². The molecule has 8 heteroatoms. The van der Waals surface area contributed by atoms with E-state index < -0.39 is 15.8 Å². The quantitative estimate of drug-likeness (QED) is 0.849. The number of carboxylic acids is 1. The fourth-order valence-corrected chi connectivity index (χ4v) is 4.15. The van der Waals surface area contributed by atoms with Crippen molar-refractivity contribution < 1.29 is 18.3 Å². The zero-order valence-electron chi connectivity index (χ0n) is 8.92. The van der Waals surface area contributed by atoms with Crippen LogP contribution in [-0.2, 0) is 9.84 Å². The van der Waals surface area contributed by atoms with Crippen LogP contribution in [0.25, 0.3) is 0 Å². The molecular formula is C9H12N2O4S2. The molecule has 1 saturated heterocycles. The van der Waals surface area contributed by atoms with Gasteiger partial charge in [-0.1, -0.05) is 0 Å². The van der Waals surface area contributed by atoms with Gasteiger partial charge in [0.1, 0.15) is 0 Å². The highest BCUT2D eigenvalue weighted by Crippen LogP contribution is 2.20. The largest absolute Gasteiger partial charge is 0.476 e. The van der Waals surface area contributed by atoms with E-state index in [1.54, 1.807) is 0 Å². The Balaban J connectivity index is 2.03. The standard InChI is InChI=1S/C9H12N2O4S2/c12-8(13)7-4-16-9(11-7)10-6-2-1-3-17(14,15)5-6/h4,6H,1-3,5H2,(H,10,11)(H,12,13). The van der Waals surface area contributed by atoms with Crippen LogP contribution < -0.4 is 5.32 Å². The number of carboxylic acid groups (broad SMARTS) is 1. The number of hydrogen-bond acceptors (Lipinski definition) is 6. The lowest BCUT2D eigenvalue weighted by Crippen LogP contribution is -2.34. The van der Waals surface area contributed by atoms with E-state index in [1.807, 2.05) is 0 Å². The lowest BCUT2D eigenvalue weighted by molar-refractivity contribution is 0.0691. The third-order valence-corrected chi connectivity index (χ3v) is 5.11. The maximum absolute atomic E-state index is 11.4. The van der Waals surface area contributed by atoms with Crippen molar-refractivity contribution in [2.24, 2.45) is 0 Å². The monoisotopic (exact) mass is 276 g/mol. The van der Waals surface area contributed by atoms with Gasteiger partial charge in [-0.2, -0.15) is 0 Å². The molecule has 0 bridgehead atoms. The van der Waals surface area contributed by atoms with Gasteiger partial charge in [-0.25, -0.2) is 18.2 Å². The molecule has 2 N–H and O–H groups in total. The van der Waals surface area contributed by atoms with Crippen molar-refractivity contribution in [1.82, 2.24) is 4.98 Å². The number of rotatable bonds is 3. The first-order valence-electron chi connectivity index (χ1n) is 5.12. The van der Waals surface area contributed by atoms with E-state index in [0.29, 0.717) is 11.6 Å². The van der Waals surface area contributed by atoms with E-state index in [4.69, 9.17) is 5.11 Å². The van der Waals surface area contributed by atoms with Crippen molar-refractivity contribution in [2.45, 2.75) is 18.9 Å². The van der Waals surface area contributed by atoms with E-state index in [2.05, 4.69) is 10.3 Å². The molecule has 2 heterocycles. The van der Waals surface area contributed by atoms with Gasteiger partial charge < -0.3 is 10.4 Å². The number of aromatic carboxylic acids is 1. The summed E-state index contributed by atoms with van der Waals surface area (Å²) in [7, 11) is -2.96. The van der Waals surface area contributed by atoms with Crippen molar-refractivity contribution in [3.05, 3.63) is 11.1 Å². The van der Waals surface area contributed by atoms with Crippen LogP contribution in [0.5, 0.6) is 0 Å². The summed E-state index contributed by atoms with van der Waals surface area (Å²) >= 11 is 1.17. The fraction of sp³-hybridized carbons (Fsp3) is 0.556. The molecule has 0 aliphatic carbocycles. The molecule has 0 radical (unpaired) electrons. The van der Waals surface area contributed by atoms with E-state index in [1.165, 1.54) is 16.7 Å². The topological polar surface area (TPSA) is 96.4 Å². The lowest BCUT2D eigenvalue weighted by atomic mass is 10.2. The second kappa shape index (κ2) is 4.61. The molecule has 1 aromatic rings. The van der Waals surface area contributed by atoms with Crippen LogP contribution in [0.3, 0.4) is 0 Å². The number of anilines is 1. The molecule has 1 aromatic heterocycles. The van der Waals surface area contributed by atoms with Gasteiger partial charge in [0.05, 0.1) is 11.5 Å². The number of hydrogen-bond donors (Lipinski definition) is 2. The Kier molecular flexibility index (Phi) is 3.34. The predicted octanol–water partition coefficient (Wildman–Crippen LogP) is 0.830. The third kappa shape index (κ3) is 3.16. The number of nitrogens with zero attached hydrogens (tertiary/aromatic N) is 1. The molecule has 0 aromatic carbocycles. The summed E-state index contributed by atoms with van der Waals surface area (Å²) < 4.78 is 22.8. The average molecular weight is 276 g/mol. The Bertz CT molecular complexity index is 523. The second-order valence-corrected chi connectivity index (χ2v) is 7.03. The molecule has 1 aliphatic rings. The number of carbonyl (C=O) groups is 1. The Morgan fingerprint density at radius 1 is 1.59 bits per heavy atom. The number of sulfone groups is 1. The van der Waals surface area contributed by atoms with Crippen LogP contribution in [0.15, 0.2) is 5.38 Å². The molecule has 1 unspecified atom stereocenters. The van der Waals surface area contributed by atoms with Gasteiger partial charge in [0.25, 0.3) is 0 Å². The van der Waals surface area contributed by atoms with Crippen LogP contribution in [0, 0.1) is 0 Å². The van der Waals surface area contributed by atoms with Crippen LogP contribution in [0.1, 0.15) is 23.3 Å². The zero-order chi connectivity index (χ0) is 12.5. The van der Waals surface area contributed by atoms with Crippen LogP contribution >= 0.6 is 11.3 Å². The van der Waals surface area contributed by atoms with E-state index >= 15 is 0 Å². The second-order valence-electron chi connectivity index (χ2n) is 3.94. The Morgan fingerprint density at radius 3 is 2.94 bits per heavy atom. The molecule has 0 amide bonds. The first kappa shape index (κ1) is 12.3. The molecule has 0 spiro atoms. The maximum atomic E-state index is 11.4. The minimum atomic E-state index is -2.96. The summed E-state index contributed by atoms with van der Waals surface area (Å²) in [6.45, 7) is 0. The number of aromatic nitrogens is 1. The van der Waals surface area contributed by atoms with Gasteiger partial charge in [-0.05, 0) is 12.8 Å². The Hall–Kier alpha value is -1.15. The lowest BCUT2D eigenvalue weighted by Gasteiger charge is -2.22. The summed E-state index contributed by atoms with van der Waals surface area (Å²) in [6, 6.07) is -0.165. The average Bonchev–Trinajstić information content (AvgIpc) is 2.64. The first-order chi connectivity index (χ1) is 7.96. The van der Waals surface area contributed by atoms with Crippen LogP contribution in [-0.4, -0.2) is 42.0 Å². The Morgan fingerprint density at radius 2 is 2.35 bits per heavy atom. The fourth-order valence-electron chi connectivity index (χ4n) is 1.75. The summed E-state index contributed by atoms with van der Waals surface area (Å²) in [5, 5.41) is 13.6. The third-order valence-electron chi connectivity index (χ3n) is 2.51. The highest BCUT2D eigenvalue weighted by molar-refractivity contribution is 7.91. The minimum absolute atomic E-state index is 0.0174. The van der Waals surface area contributed by atoms with Gasteiger partial charge in [0.15, 0.2) is 20.7 Å². The first-order valence-corrected chi connectivity index (χ1v) is 7.82. The predicted molar refractivity (Wildman–Crippen MR) is 64.4 cm³/mol.